The Hall–Kier alpha value is -8.82. The van der Waals surface area contributed by atoms with Gasteiger partial charge in [-0.25, -0.2) is 0 Å². The highest BCUT2D eigenvalue weighted by Crippen LogP contribution is 2.35. The van der Waals surface area contributed by atoms with E-state index >= 15 is 0 Å². The number of halogens is 6. The van der Waals surface area contributed by atoms with Gasteiger partial charge in [0.1, 0.15) is 0 Å². The Kier molecular flexibility index (Phi) is 36.7. The van der Waals surface area contributed by atoms with E-state index in [1.807, 2.05) is 97.9 Å². The lowest BCUT2D eigenvalue weighted by Crippen LogP contribution is -2.29. The van der Waals surface area contributed by atoms with E-state index in [4.69, 9.17) is 74.2 Å². The van der Waals surface area contributed by atoms with Crippen molar-refractivity contribution in [2.75, 3.05) is 127 Å². The molecule has 8 aromatic carbocycles. The van der Waals surface area contributed by atoms with Gasteiger partial charge in [0.05, 0.1) is 141 Å². The van der Waals surface area contributed by atoms with E-state index in [1.54, 1.807) is 54.6 Å². The van der Waals surface area contributed by atoms with Gasteiger partial charge in [0, 0.05) is 54.0 Å². The molecule has 20 nitrogen and oxygen atoms in total. The molecule has 8 aromatic rings. The van der Waals surface area contributed by atoms with Crippen LogP contribution in [0.3, 0.4) is 0 Å². The van der Waals surface area contributed by atoms with E-state index in [0.717, 1.165) is 51.6 Å². The molecule has 26 heteroatoms. The number of aliphatic hydroxyl groups is 4. The van der Waals surface area contributed by atoms with Gasteiger partial charge in [-0.15, -0.1) is 0 Å². The van der Waals surface area contributed by atoms with Crippen LogP contribution in [-0.2, 0) is 36.3 Å². The van der Waals surface area contributed by atoms with Crippen LogP contribution in [0, 0.1) is 20.8 Å². The van der Waals surface area contributed by atoms with E-state index in [9.17, 15) is 32.3 Å². The van der Waals surface area contributed by atoms with Crippen molar-refractivity contribution in [3.63, 3.8) is 0 Å². The number of alkyl halides is 3. The van der Waals surface area contributed by atoms with E-state index < -0.39 is 11.7 Å². The molecule has 0 fully saturated rings. The third kappa shape index (κ3) is 28.9. The molecule has 0 bridgehead atoms. The molecule has 0 saturated heterocycles. The van der Waals surface area contributed by atoms with Crippen molar-refractivity contribution in [1.29, 1.82) is 0 Å². The predicted molar refractivity (Wildman–Crippen MR) is 384 cm³/mol. The number of ether oxygens (including phenoxy) is 4. The Morgan fingerprint density at radius 1 is 0.394 bits per heavy atom. The van der Waals surface area contributed by atoms with Crippen LogP contribution in [0.15, 0.2) is 176 Å². The van der Waals surface area contributed by atoms with Crippen molar-refractivity contribution < 1.29 is 71.7 Å². The second-order valence-corrected chi connectivity index (χ2v) is 22.5. The van der Waals surface area contributed by atoms with E-state index in [0.29, 0.717) is 88.3 Å². The Labute approximate surface area is 589 Å². The molecule has 8 rings (SSSR count). The van der Waals surface area contributed by atoms with Crippen LogP contribution >= 0.6 is 34.8 Å². The summed E-state index contributed by atoms with van der Waals surface area (Å²) in [6, 6.07) is 50.4. The van der Waals surface area contributed by atoms with Gasteiger partial charge in [0.25, 0.3) is 17.7 Å². The van der Waals surface area contributed by atoms with Crippen molar-refractivity contribution in [1.82, 2.24) is 21.3 Å². The van der Waals surface area contributed by atoms with Crippen molar-refractivity contribution >= 4 is 104 Å². The van der Waals surface area contributed by atoms with E-state index in [1.165, 1.54) is 17.7 Å². The summed E-state index contributed by atoms with van der Waals surface area (Å²) in [5, 5.41) is 59.9. The molecular weight excluding hydrogens is 1340 g/mol. The van der Waals surface area contributed by atoms with Crippen molar-refractivity contribution in [2.45, 2.75) is 33.4 Å². The van der Waals surface area contributed by atoms with Crippen molar-refractivity contribution in [3.05, 3.63) is 236 Å². The standard InChI is InChI=1S/C19H24N2O3.C18H20Cl2N2O3.C18H21ClN2O3.C18H19F3N2O3/c1-14-6-5-9-17(15(14)2)21-18-8-4-3-7-16(18)19(23)20-10-12-24-13-11-22;19-14-5-3-6-15(20)18(14)22-16-7-2-1-4-13(16)12-17(24)21-8-10-25-11-9-23;1-13-15(19)6-4-8-16(13)21-17-7-3-2-5-14(17)18(23)20-9-11-24-12-10-22;19-18(20,21)13-4-3-5-14(12-13)23-16-7-2-1-6-15(16)17(25)22-8-10-26-11-9-24/h3-9,21-22H,10-13H2,1-2H3,(H,20,23);1-7,22-23H,8-12H2,(H,21,24);2-8,21-22H,9-12H2,1H3,(H,20,23);1-7,12,23-24H,8-11H2,(H,22,25). The minimum Gasteiger partial charge on any atom is -0.394 e. The van der Waals surface area contributed by atoms with Crippen LogP contribution in [0.1, 0.15) is 58.9 Å². The van der Waals surface area contributed by atoms with E-state index in [-0.39, 0.29) is 102 Å². The number of benzene rings is 8. The fraction of sp³-hybridized carbons (Fsp3) is 0.288. The SMILES string of the molecule is Cc1c(Cl)cccc1Nc1ccccc1C(=O)NCCOCCO.Cc1cccc(Nc2ccccc2C(=O)NCCOCCO)c1C.O=C(Cc1ccccc1Nc1c(Cl)cccc1Cl)NCCOCCO.O=C(NCCOCCO)c1ccccc1Nc1cccc(C(F)(F)F)c1. The fourth-order valence-electron chi connectivity index (χ4n) is 8.93. The Morgan fingerprint density at radius 2 is 0.768 bits per heavy atom. The molecule has 0 saturated carbocycles. The minimum atomic E-state index is -4.44. The van der Waals surface area contributed by atoms with E-state index in [2.05, 4.69) is 62.4 Å². The maximum atomic E-state index is 12.8. The fourth-order valence-corrected chi connectivity index (χ4v) is 9.59. The number of carbonyl (C=O) groups is 4. The number of anilines is 8. The summed E-state index contributed by atoms with van der Waals surface area (Å²) in [5.74, 6) is -0.846. The second-order valence-electron chi connectivity index (χ2n) is 21.3. The molecule has 0 heterocycles. The number of rotatable bonds is 33. The number of nitrogens with one attached hydrogen (secondary N) is 8. The monoisotopic (exact) mass is 1430 g/mol. The van der Waals surface area contributed by atoms with Crippen LogP contribution in [-0.4, -0.2) is 150 Å². The molecule has 0 aliphatic carbocycles. The summed E-state index contributed by atoms with van der Waals surface area (Å²) in [4.78, 5) is 49.1. The first-order valence-corrected chi connectivity index (χ1v) is 32.6. The number of hydrogen-bond acceptors (Lipinski definition) is 16. The Bertz CT molecular complexity index is 3660. The summed E-state index contributed by atoms with van der Waals surface area (Å²) >= 11 is 18.5. The maximum absolute atomic E-state index is 12.8. The van der Waals surface area contributed by atoms with Crippen molar-refractivity contribution in [3.8, 4) is 0 Å². The normalized spacial score (nSPS) is 10.7. The molecule has 0 aliphatic heterocycles. The smallest absolute Gasteiger partial charge is 0.394 e. The lowest BCUT2D eigenvalue weighted by Gasteiger charge is -2.15. The molecule has 0 spiro atoms. The average molecular weight is 1430 g/mol. The molecule has 0 atom stereocenters. The van der Waals surface area contributed by atoms with Crippen LogP contribution in [0.4, 0.5) is 58.7 Å². The number of carbonyl (C=O) groups excluding carboxylic acids is 4. The quantitative estimate of drug-likeness (QED) is 0.0170. The van der Waals surface area contributed by atoms with Crippen LogP contribution in [0.2, 0.25) is 15.1 Å². The van der Waals surface area contributed by atoms with Gasteiger partial charge >= 0.3 is 6.18 Å². The molecular formula is C73H84Cl3F3N8O12. The Balaban J connectivity index is 0.000000238. The molecule has 4 amide bonds. The van der Waals surface area contributed by atoms with Gasteiger partial charge in [-0.3, -0.25) is 19.2 Å². The second kappa shape index (κ2) is 45.0. The van der Waals surface area contributed by atoms with Crippen LogP contribution in [0.5, 0.6) is 0 Å². The summed E-state index contributed by atoms with van der Waals surface area (Å²) < 4.78 is 58.9. The predicted octanol–water partition coefficient (Wildman–Crippen LogP) is 12.5. The number of aliphatic hydroxyl groups excluding tert-OH is 4. The molecule has 0 radical (unpaired) electrons. The number of aryl methyl sites for hydroxylation is 1. The minimum absolute atomic E-state index is 0.0173. The number of para-hydroxylation sites is 5. The van der Waals surface area contributed by atoms with Crippen LogP contribution in [0.25, 0.3) is 0 Å². The molecule has 0 aromatic heterocycles. The van der Waals surface area contributed by atoms with Crippen LogP contribution < -0.4 is 42.5 Å². The number of hydrogen-bond donors (Lipinski definition) is 12. The highest BCUT2D eigenvalue weighted by molar-refractivity contribution is 6.39. The van der Waals surface area contributed by atoms with Gasteiger partial charge in [-0.05, 0) is 134 Å². The average Bonchev–Trinajstić information content (AvgIpc) is 0.892. The molecule has 530 valence electrons. The van der Waals surface area contributed by atoms with Gasteiger partial charge in [-0.1, -0.05) is 120 Å². The third-order valence-electron chi connectivity index (χ3n) is 14.1. The van der Waals surface area contributed by atoms with Gasteiger partial charge in [-0.2, -0.15) is 13.2 Å². The molecule has 0 aliphatic rings. The highest BCUT2D eigenvalue weighted by atomic mass is 35.5. The largest absolute Gasteiger partial charge is 0.416 e. The molecule has 0 unspecified atom stereocenters. The van der Waals surface area contributed by atoms with Gasteiger partial charge in [0.2, 0.25) is 5.91 Å². The first kappa shape index (κ1) is 80.9. The molecule has 99 heavy (non-hydrogen) atoms. The summed E-state index contributed by atoms with van der Waals surface area (Å²) in [6.45, 7) is 9.61. The zero-order valence-corrected chi connectivity index (χ0v) is 57.4. The van der Waals surface area contributed by atoms with Gasteiger partial charge < -0.3 is 81.9 Å². The zero-order chi connectivity index (χ0) is 71.8. The lowest BCUT2D eigenvalue weighted by molar-refractivity contribution is -0.137. The summed E-state index contributed by atoms with van der Waals surface area (Å²) in [5.41, 5.74) is 10.1. The number of amides is 4. The first-order valence-electron chi connectivity index (χ1n) is 31.5. The first-order chi connectivity index (χ1) is 47.8. The topological polar surface area (TPSA) is 282 Å². The summed E-state index contributed by atoms with van der Waals surface area (Å²) in [7, 11) is 0. The summed E-state index contributed by atoms with van der Waals surface area (Å²) in [6.07, 6.45) is -4.23. The molecule has 12 N–H and O–H groups in total. The maximum Gasteiger partial charge on any atom is 0.416 e. The Morgan fingerprint density at radius 3 is 1.23 bits per heavy atom. The zero-order valence-electron chi connectivity index (χ0n) is 55.1. The van der Waals surface area contributed by atoms with Gasteiger partial charge in [0.15, 0.2) is 0 Å². The van der Waals surface area contributed by atoms with Crippen molar-refractivity contribution in [2.24, 2.45) is 0 Å². The lowest BCUT2D eigenvalue weighted by atomic mass is 10.1. The highest BCUT2D eigenvalue weighted by Gasteiger charge is 2.30. The third-order valence-corrected chi connectivity index (χ3v) is 15.1.